The number of carbonyl (C=O) groups is 1. The van der Waals surface area contributed by atoms with E-state index in [1.54, 1.807) is 57.3 Å². The van der Waals surface area contributed by atoms with Crippen molar-refractivity contribution in [1.29, 1.82) is 0 Å². The molecule has 4 rings (SSSR count). The summed E-state index contributed by atoms with van der Waals surface area (Å²) in [6.07, 6.45) is -4.23. The third-order valence-electron chi connectivity index (χ3n) is 6.68. The van der Waals surface area contributed by atoms with Crippen LogP contribution in [0.1, 0.15) is 35.2 Å². The average Bonchev–Trinajstić information content (AvgIpc) is 2.91. The highest BCUT2D eigenvalue weighted by atomic mass is 19.4. The summed E-state index contributed by atoms with van der Waals surface area (Å²) in [4.78, 5) is 17.8. The van der Waals surface area contributed by atoms with Crippen LogP contribution < -0.4 is 19.1 Å². The summed E-state index contributed by atoms with van der Waals surface area (Å²) in [6.45, 7) is 5.08. The second-order valence-corrected chi connectivity index (χ2v) is 8.92. The number of anilines is 1. The Morgan fingerprint density at radius 1 is 0.923 bits per heavy atom. The number of nitrogens with zero attached hydrogens (tertiary/aromatic N) is 2. The molecule has 204 valence electrons. The zero-order valence-electron chi connectivity index (χ0n) is 22.0. The van der Waals surface area contributed by atoms with Gasteiger partial charge in [-0.25, -0.2) is 4.79 Å². The molecule has 1 unspecified atom stereocenters. The van der Waals surface area contributed by atoms with Gasteiger partial charge in [-0.1, -0.05) is 12.1 Å². The fourth-order valence-electron chi connectivity index (χ4n) is 4.41. The van der Waals surface area contributed by atoms with Gasteiger partial charge in [-0.3, -0.25) is 9.88 Å². The maximum atomic E-state index is 13.3. The molecule has 0 saturated carbocycles. The van der Waals surface area contributed by atoms with Gasteiger partial charge in [0.25, 0.3) is 0 Å². The molecule has 39 heavy (non-hydrogen) atoms. The van der Waals surface area contributed by atoms with Crippen LogP contribution in [0.15, 0.2) is 60.8 Å². The molecule has 1 aromatic heterocycles. The van der Waals surface area contributed by atoms with Crippen molar-refractivity contribution in [3.05, 3.63) is 83.0 Å². The Hall–Kier alpha value is -4.47. The molecule has 10 heteroatoms. The number of amides is 1. The molecule has 1 N–H and O–H groups in total. The summed E-state index contributed by atoms with van der Waals surface area (Å²) in [5, 5.41) is 10.7. The number of aromatic nitrogens is 1. The topological polar surface area (TPSA) is 81.1 Å². The van der Waals surface area contributed by atoms with Crippen LogP contribution in [0.4, 0.5) is 23.7 Å². The van der Waals surface area contributed by atoms with E-state index < -0.39 is 23.9 Å². The largest absolute Gasteiger partial charge is 0.493 e. The zero-order valence-corrected chi connectivity index (χ0v) is 22.0. The minimum atomic E-state index is -4.54. The number of carboxylic acid groups (broad SMARTS) is 1. The Bertz CT molecular complexity index is 1540. The Labute approximate surface area is 223 Å². The van der Waals surface area contributed by atoms with E-state index in [9.17, 15) is 23.1 Å². The van der Waals surface area contributed by atoms with Crippen molar-refractivity contribution in [1.82, 2.24) is 4.98 Å². The van der Waals surface area contributed by atoms with Crippen LogP contribution in [-0.4, -0.2) is 30.4 Å². The second-order valence-electron chi connectivity index (χ2n) is 8.92. The fraction of sp³-hybridized carbons (Fsp3) is 0.241. The lowest BCUT2D eigenvalue weighted by molar-refractivity contribution is -0.137. The van der Waals surface area contributed by atoms with Gasteiger partial charge in [-0.15, -0.1) is 0 Å². The van der Waals surface area contributed by atoms with E-state index in [2.05, 4.69) is 4.98 Å². The summed E-state index contributed by atoms with van der Waals surface area (Å²) >= 11 is 0. The Morgan fingerprint density at radius 2 is 1.62 bits per heavy atom. The number of hydrogen-bond acceptors (Lipinski definition) is 5. The van der Waals surface area contributed by atoms with Crippen molar-refractivity contribution in [3.63, 3.8) is 0 Å². The monoisotopic (exact) mass is 540 g/mol. The highest BCUT2D eigenvalue weighted by Crippen LogP contribution is 2.40. The molecular weight excluding hydrogens is 513 g/mol. The smallest absolute Gasteiger partial charge is 0.416 e. The first-order valence-electron chi connectivity index (χ1n) is 11.9. The molecule has 0 radical (unpaired) electrons. The molecule has 0 fully saturated rings. The van der Waals surface area contributed by atoms with Crippen molar-refractivity contribution in [3.8, 4) is 23.0 Å². The number of rotatable bonds is 7. The van der Waals surface area contributed by atoms with Crippen molar-refractivity contribution in [2.24, 2.45) is 0 Å². The van der Waals surface area contributed by atoms with Crippen LogP contribution >= 0.6 is 0 Å². The fourth-order valence-corrected chi connectivity index (χ4v) is 4.41. The highest BCUT2D eigenvalue weighted by molar-refractivity contribution is 5.90. The predicted molar refractivity (Wildman–Crippen MR) is 141 cm³/mol. The molecular formula is C29H27F3N2O5. The van der Waals surface area contributed by atoms with Crippen molar-refractivity contribution in [2.75, 3.05) is 19.1 Å². The van der Waals surface area contributed by atoms with Gasteiger partial charge in [-0.2, -0.15) is 13.2 Å². The van der Waals surface area contributed by atoms with Gasteiger partial charge >= 0.3 is 12.3 Å². The van der Waals surface area contributed by atoms with Gasteiger partial charge in [0.1, 0.15) is 11.5 Å². The van der Waals surface area contributed by atoms with Crippen molar-refractivity contribution < 1.29 is 37.3 Å². The molecule has 0 aliphatic heterocycles. The van der Waals surface area contributed by atoms with Crippen molar-refractivity contribution >= 4 is 22.7 Å². The quantitative estimate of drug-likeness (QED) is 0.256. The number of halogens is 3. The Kier molecular flexibility index (Phi) is 7.58. The van der Waals surface area contributed by atoms with Crippen LogP contribution in [0.5, 0.6) is 23.0 Å². The Balaban J connectivity index is 1.72. The second kappa shape index (κ2) is 10.7. The van der Waals surface area contributed by atoms with Crippen LogP contribution in [0.3, 0.4) is 0 Å². The lowest BCUT2D eigenvalue weighted by Crippen LogP contribution is -2.33. The minimum Gasteiger partial charge on any atom is -0.493 e. The Morgan fingerprint density at radius 3 is 2.26 bits per heavy atom. The first-order valence-corrected chi connectivity index (χ1v) is 11.9. The van der Waals surface area contributed by atoms with Crippen LogP contribution in [0.2, 0.25) is 0 Å². The normalized spacial score (nSPS) is 12.2. The van der Waals surface area contributed by atoms with Gasteiger partial charge < -0.3 is 19.3 Å². The van der Waals surface area contributed by atoms with E-state index in [4.69, 9.17) is 14.2 Å². The number of alkyl halides is 3. The molecule has 0 aliphatic rings. The number of methoxy groups -OCH3 is 2. The van der Waals surface area contributed by atoms with E-state index in [0.717, 1.165) is 17.0 Å². The van der Waals surface area contributed by atoms with Crippen molar-refractivity contribution in [2.45, 2.75) is 33.0 Å². The van der Waals surface area contributed by atoms with E-state index in [1.165, 1.54) is 26.4 Å². The molecule has 1 atom stereocenters. The minimum absolute atomic E-state index is 0.220. The summed E-state index contributed by atoms with van der Waals surface area (Å²) < 4.78 is 56.8. The third kappa shape index (κ3) is 5.41. The number of benzene rings is 3. The average molecular weight is 541 g/mol. The van der Waals surface area contributed by atoms with Crippen LogP contribution in [0.25, 0.3) is 10.9 Å². The number of ether oxygens (including phenoxy) is 3. The molecule has 0 bridgehead atoms. The maximum absolute atomic E-state index is 13.3. The van der Waals surface area contributed by atoms with E-state index >= 15 is 0 Å². The van der Waals surface area contributed by atoms with E-state index in [0.29, 0.717) is 50.7 Å². The van der Waals surface area contributed by atoms with Gasteiger partial charge in [0, 0.05) is 17.6 Å². The highest BCUT2D eigenvalue weighted by Gasteiger charge is 2.32. The summed E-state index contributed by atoms with van der Waals surface area (Å²) in [5.74, 6) is 2.01. The number of fused-ring (bicyclic) bond motifs is 1. The molecule has 7 nitrogen and oxygen atoms in total. The predicted octanol–water partition coefficient (Wildman–Crippen LogP) is 7.93. The molecule has 0 spiro atoms. The number of pyridine rings is 1. The van der Waals surface area contributed by atoms with Gasteiger partial charge in [-0.05, 0) is 73.9 Å². The summed E-state index contributed by atoms with van der Waals surface area (Å²) in [5.41, 5.74) is 1.61. The SMILES string of the molecule is COc1cc2nccc(Oc3ccc(N(C(=O)O)C(C)c4cccc(C(F)(F)F)c4)c(C)c3C)c2cc1OC. The lowest BCUT2D eigenvalue weighted by atomic mass is 10.0. The van der Waals surface area contributed by atoms with E-state index in [-0.39, 0.29) is 5.56 Å². The van der Waals surface area contributed by atoms with E-state index in [1.807, 2.05) is 0 Å². The number of hydrogen-bond donors (Lipinski definition) is 1. The molecule has 1 amide bonds. The molecule has 4 aromatic rings. The molecule has 0 aliphatic carbocycles. The molecule has 3 aromatic carbocycles. The molecule has 1 heterocycles. The van der Waals surface area contributed by atoms with Gasteiger partial charge in [0.15, 0.2) is 11.5 Å². The first-order chi connectivity index (χ1) is 18.5. The van der Waals surface area contributed by atoms with Crippen LogP contribution in [-0.2, 0) is 6.18 Å². The lowest BCUT2D eigenvalue weighted by Gasteiger charge is -2.29. The first kappa shape index (κ1) is 27.6. The standard InChI is InChI=1S/C29H27F3N2O5/c1-16-17(2)24(39-25-11-12-33-22-15-27(38-5)26(37-4)14-21(22)25)10-9-23(16)34(28(35)36)18(3)19-7-6-8-20(13-19)29(30,31)32/h6-15,18H,1-5H3,(H,35,36). The van der Waals surface area contributed by atoms with Gasteiger partial charge in [0.2, 0.25) is 0 Å². The summed E-state index contributed by atoms with van der Waals surface area (Å²) in [7, 11) is 3.06. The van der Waals surface area contributed by atoms with Gasteiger partial charge in [0.05, 0.1) is 37.0 Å². The maximum Gasteiger partial charge on any atom is 0.416 e. The van der Waals surface area contributed by atoms with Crippen LogP contribution in [0, 0.1) is 13.8 Å². The summed E-state index contributed by atoms with van der Waals surface area (Å²) in [6, 6.07) is 12.2. The third-order valence-corrected chi connectivity index (χ3v) is 6.68. The molecule has 0 saturated heterocycles. The zero-order chi connectivity index (χ0) is 28.5.